The Bertz CT molecular complexity index is 297. The largest absolute Gasteiger partial charge is 0.342 e. The SMILES string of the molecule is Cn1ccnc1N1CCC(CCBr)C1. The summed E-state index contributed by atoms with van der Waals surface area (Å²) in [4.78, 5) is 6.75. The van der Waals surface area contributed by atoms with Crippen LogP contribution in [0.1, 0.15) is 12.8 Å². The molecule has 0 aromatic carbocycles. The maximum atomic E-state index is 4.37. The van der Waals surface area contributed by atoms with E-state index in [9.17, 15) is 0 Å². The molecule has 1 unspecified atom stereocenters. The van der Waals surface area contributed by atoms with E-state index in [2.05, 4.69) is 37.4 Å². The van der Waals surface area contributed by atoms with Gasteiger partial charge < -0.3 is 9.47 Å². The first-order valence-corrected chi connectivity index (χ1v) is 6.21. The van der Waals surface area contributed by atoms with Crippen LogP contribution in [0.15, 0.2) is 12.4 Å². The van der Waals surface area contributed by atoms with E-state index in [1.54, 1.807) is 0 Å². The molecule has 1 aromatic rings. The molecule has 0 aliphatic carbocycles. The Hall–Kier alpha value is -0.510. The number of anilines is 1. The van der Waals surface area contributed by atoms with Crippen molar-refractivity contribution in [3.05, 3.63) is 12.4 Å². The van der Waals surface area contributed by atoms with Gasteiger partial charge in [-0.3, -0.25) is 0 Å². The molecular formula is C10H16BrN3. The minimum atomic E-state index is 0.839. The van der Waals surface area contributed by atoms with E-state index >= 15 is 0 Å². The molecule has 2 heterocycles. The molecule has 1 aliphatic heterocycles. The Kier molecular flexibility index (Phi) is 3.11. The number of alkyl halides is 1. The molecule has 3 nitrogen and oxygen atoms in total. The number of aryl methyl sites for hydroxylation is 1. The van der Waals surface area contributed by atoms with Crippen molar-refractivity contribution >= 4 is 21.9 Å². The fourth-order valence-electron chi connectivity index (χ4n) is 2.07. The number of imidazole rings is 1. The molecule has 0 N–H and O–H groups in total. The molecule has 14 heavy (non-hydrogen) atoms. The Morgan fingerprint density at radius 2 is 2.50 bits per heavy atom. The van der Waals surface area contributed by atoms with Crippen LogP contribution in [0.2, 0.25) is 0 Å². The number of hydrogen-bond donors (Lipinski definition) is 0. The van der Waals surface area contributed by atoms with Crippen molar-refractivity contribution in [1.29, 1.82) is 0 Å². The smallest absolute Gasteiger partial charge is 0.205 e. The lowest BCUT2D eigenvalue weighted by atomic mass is 10.1. The number of rotatable bonds is 3. The van der Waals surface area contributed by atoms with Gasteiger partial charge >= 0.3 is 0 Å². The molecule has 1 fully saturated rings. The van der Waals surface area contributed by atoms with Gasteiger partial charge in [0.2, 0.25) is 5.95 Å². The van der Waals surface area contributed by atoms with Crippen LogP contribution in [0.5, 0.6) is 0 Å². The maximum Gasteiger partial charge on any atom is 0.205 e. The molecule has 0 bridgehead atoms. The second-order valence-electron chi connectivity index (χ2n) is 3.92. The summed E-state index contributed by atoms with van der Waals surface area (Å²) >= 11 is 3.50. The summed E-state index contributed by atoms with van der Waals surface area (Å²) in [6.07, 6.45) is 6.46. The van der Waals surface area contributed by atoms with Crippen LogP contribution in [-0.4, -0.2) is 28.0 Å². The second kappa shape index (κ2) is 4.34. The lowest BCUT2D eigenvalue weighted by molar-refractivity contribution is 0.574. The Morgan fingerprint density at radius 1 is 1.64 bits per heavy atom. The molecule has 4 heteroatoms. The van der Waals surface area contributed by atoms with Crippen LogP contribution < -0.4 is 4.90 Å². The third kappa shape index (κ3) is 1.95. The first-order valence-electron chi connectivity index (χ1n) is 5.09. The zero-order valence-electron chi connectivity index (χ0n) is 8.49. The summed E-state index contributed by atoms with van der Waals surface area (Å²) in [7, 11) is 2.06. The van der Waals surface area contributed by atoms with Crippen LogP contribution in [0.4, 0.5) is 5.95 Å². The van der Waals surface area contributed by atoms with Gasteiger partial charge in [0.25, 0.3) is 0 Å². The van der Waals surface area contributed by atoms with Gasteiger partial charge in [0, 0.05) is 37.9 Å². The van der Waals surface area contributed by atoms with Crippen LogP contribution in [0.25, 0.3) is 0 Å². The van der Waals surface area contributed by atoms with Crippen molar-refractivity contribution in [2.24, 2.45) is 13.0 Å². The molecule has 1 atom stereocenters. The van der Waals surface area contributed by atoms with Crippen molar-refractivity contribution < 1.29 is 0 Å². The summed E-state index contributed by atoms with van der Waals surface area (Å²) in [5.74, 6) is 1.95. The summed E-state index contributed by atoms with van der Waals surface area (Å²) in [5, 5.41) is 1.12. The molecule has 0 saturated carbocycles. The molecule has 2 rings (SSSR count). The lowest BCUT2D eigenvalue weighted by Gasteiger charge is -2.17. The van der Waals surface area contributed by atoms with Crippen molar-refractivity contribution in [2.75, 3.05) is 23.3 Å². The molecule has 78 valence electrons. The standard InChI is InChI=1S/C10H16BrN3/c1-13-7-5-12-10(13)14-6-3-9(8-14)2-4-11/h5,7,9H,2-4,6,8H2,1H3. The third-order valence-corrected chi connectivity index (χ3v) is 3.34. The minimum absolute atomic E-state index is 0.839. The highest BCUT2D eigenvalue weighted by Crippen LogP contribution is 2.24. The minimum Gasteiger partial charge on any atom is -0.342 e. The zero-order valence-corrected chi connectivity index (χ0v) is 10.1. The van der Waals surface area contributed by atoms with Crippen molar-refractivity contribution in [3.63, 3.8) is 0 Å². The van der Waals surface area contributed by atoms with Crippen LogP contribution in [0, 0.1) is 5.92 Å². The Labute approximate surface area is 93.2 Å². The van der Waals surface area contributed by atoms with Gasteiger partial charge in [-0.1, -0.05) is 15.9 Å². The summed E-state index contributed by atoms with van der Waals surface area (Å²) in [6.45, 7) is 2.32. The molecule has 0 spiro atoms. The highest BCUT2D eigenvalue weighted by molar-refractivity contribution is 9.09. The van der Waals surface area contributed by atoms with E-state index in [4.69, 9.17) is 0 Å². The molecule has 1 aliphatic rings. The van der Waals surface area contributed by atoms with Crippen molar-refractivity contribution in [1.82, 2.24) is 9.55 Å². The van der Waals surface area contributed by atoms with E-state index in [-0.39, 0.29) is 0 Å². The zero-order chi connectivity index (χ0) is 9.97. The maximum absolute atomic E-state index is 4.37. The topological polar surface area (TPSA) is 21.1 Å². The monoisotopic (exact) mass is 257 g/mol. The molecule has 0 amide bonds. The van der Waals surface area contributed by atoms with Gasteiger partial charge in [0.1, 0.15) is 0 Å². The number of aromatic nitrogens is 2. The quantitative estimate of drug-likeness (QED) is 0.773. The van der Waals surface area contributed by atoms with Gasteiger partial charge in [0.15, 0.2) is 0 Å². The highest BCUT2D eigenvalue weighted by Gasteiger charge is 2.23. The first kappa shape index (κ1) is 10.0. The van der Waals surface area contributed by atoms with Crippen molar-refractivity contribution in [2.45, 2.75) is 12.8 Å². The summed E-state index contributed by atoms with van der Waals surface area (Å²) in [6, 6.07) is 0. The van der Waals surface area contributed by atoms with E-state index in [0.29, 0.717) is 0 Å². The van der Waals surface area contributed by atoms with E-state index in [1.165, 1.54) is 12.8 Å². The Balaban J connectivity index is 1.99. The van der Waals surface area contributed by atoms with E-state index in [0.717, 1.165) is 30.3 Å². The number of halogens is 1. The highest BCUT2D eigenvalue weighted by atomic mass is 79.9. The van der Waals surface area contributed by atoms with Gasteiger partial charge in [-0.05, 0) is 18.8 Å². The van der Waals surface area contributed by atoms with Gasteiger partial charge in [-0.25, -0.2) is 4.98 Å². The van der Waals surface area contributed by atoms with Crippen LogP contribution >= 0.6 is 15.9 Å². The molecule has 0 radical (unpaired) electrons. The van der Waals surface area contributed by atoms with E-state index in [1.807, 2.05) is 12.4 Å². The van der Waals surface area contributed by atoms with Gasteiger partial charge in [0.05, 0.1) is 0 Å². The van der Waals surface area contributed by atoms with Crippen molar-refractivity contribution in [3.8, 4) is 0 Å². The molecule has 1 aromatic heterocycles. The number of hydrogen-bond acceptors (Lipinski definition) is 2. The fraction of sp³-hybridized carbons (Fsp3) is 0.700. The molecular weight excluding hydrogens is 242 g/mol. The van der Waals surface area contributed by atoms with Crippen LogP contribution in [-0.2, 0) is 7.05 Å². The average Bonchev–Trinajstić information content (AvgIpc) is 2.74. The first-order chi connectivity index (χ1) is 6.81. The third-order valence-electron chi connectivity index (χ3n) is 2.88. The van der Waals surface area contributed by atoms with E-state index < -0.39 is 0 Å². The number of nitrogens with zero attached hydrogens (tertiary/aromatic N) is 3. The summed E-state index contributed by atoms with van der Waals surface area (Å²) < 4.78 is 2.09. The van der Waals surface area contributed by atoms with Crippen LogP contribution in [0.3, 0.4) is 0 Å². The fourth-order valence-corrected chi connectivity index (χ4v) is 2.71. The van der Waals surface area contributed by atoms with Gasteiger partial charge in [-0.2, -0.15) is 0 Å². The average molecular weight is 258 g/mol. The summed E-state index contributed by atoms with van der Waals surface area (Å²) in [5.41, 5.74) is 0. The predicted octanol–water partition coefficient (Wildman–Crippen LogP) is 2.03. The molecule has 1 saturated heterocycles. The normalized spacial score (nSPS) is 21.9. The second-order valence-corrected chi connectivity index (χ2v) is 4.71. The Morgan fingerprint density at radius 3 is 3.14 bits per heavy atom. The predicted molar refractivity (Wildman–Crippen MR) is 61.9 cm³/mol. The van der Waals surface area contributed by atoms with Gasteiger partial charge in [-0.15, -0.1) is 0 Å². The lowest BCUT2D eigenvalue weighted by Crippen LogP contribution is -2.22.